The molecule has 1 aliphatic carbocycles. The van der Waals surface area contributed by atoms with Crippen LogP contribution >= 0.6 is 0 Å². The van der Waals surface area contributed by atoms with Gasteiger partial charge in [-0.15, -0.1) is 0 Å². The molecule has 0 unspecified atom stereocenters. The molecule has 2 nitrogen and oxygen atoms in total. The first kappa shape index (κ1) is 8.04. The van der Waals surface area contributed by atoms with Gasteiger partial charge in [0.15, 0.2) is 0 Å². The van der Waals surface area contributed by atoms with Crippen LogP contribution in [0.2, 0.25) is 0 Å². The fourth-order valence-electron chi connectivity index (χ4n) is 2.02. The van der Waals surface area contributed by atoms with Crippen molar-refractivity contribution in [2.75, 3.05) is 0 Å². The van der Waals surface area contributed by atoms with Crippen LogP contribution in [0.4, 0.5) is 0 Å². The van der Waals surface area contributed by atoms with Crippen LogP contribution in [0.1, 0.15) is 37.2 Å². The van der Waals surface area contributed by atoms with Crippen molar-refractivity contribution in [1.82, 2.24) is 9.38 Å². The van der Waals surface area contributed by atoms with E-state index in [1.54, 1.807) is 0 Å². The van der Waals surface area contributed by atoms with Crippen LogP contribution in [-0.2, 0) is 6.42 Å². The van der Waals surface area contributed by atoms with E-state index in [0.29, 0.717) is 0 Å². The lowest BCUT2D eigenvalue weighted by atomic mass is 10.3. The zero-order valence-electron chi connectivity index (χ0n) is 8.40. The molecule has 0 N–H and O–H groups in total. The van der Waals surface area contributed by atoms with Crippen LogP contribution in [0.25, 0.3) is 5.52 Å². The third-order valence-electron chi connectivity index (χ3n) is 2.93. The van der Waals surface area contributed by atoms with Crippen molar-refractivity contribution < 1.29 is 0 Å². The lowest BCUT2D eigenvalue weighted by molar-refractivity contribution is 0.908. The van der Waals surface area contributed by atoms with Crippen molar-refractivity contribution in [2.24, 2.45) is 0 Å². The van der Waals surface area contributed by atoms with E-state index in [4.69, 9.17) is 4.98 Å². The topological polar surface area (TPSA) is 17.3 Å². The highest BCUT2D eigenvalue weighted by molar-refractivity contribution is 5.53. The lowest BCUT2D eigenvalue weighted by Gasteiger charge is -1.97. The van der Waals surface area contributed by atoms with E-state index in [1.165, 1.54) is 29.9 Å². The second kappa shape index (κ2) is 2.84. The number of pyridine rings is 1. The highest BCUT2D eigenvalue weighted by Crippen LogP contribution is 2.39. The van der Waals surface area contributed by atoms with Crippen LogP contribution in [0, 0.1) is 0 Å². The van der Waals surface area contributed by atoms with Gasteiger partial charge in [-0.25, -0.2) is 4.98 Å². The highest BCUT2D eigenvalue weighted by Gasteiger charge is 2.28. The molecule has 1 aliphatic rings. The maximum Gasteiger partial charge on any atom is 0.116 e. The molecule has 72 valence electrons. The van der Waals surface area contributed by atoms with Gasteiger partial charge < -0.3 is 4.40 Å². The van der Waals surface area contributed by atoms with E-state index in [9.17, 15) is 0 Å². The van der Waals surface area contributed by atoms with Crippen LogP contribution in [0.3, 0.4) is 0 Å². The Labute approximate surface area is 83.6 Å². The molecule has 0 amide bonds. The second-order valence-electron chi connectivity index (χ2n) is 4.00. The zero-order chi connectivity index (χ0) is 9.54. The van der Waals surface area contributed by atoms with Crippen molar-refractivity contribution in [3.63, 3.8) is 0 Å². The SMILES string of the molecule is CCc1nc(C2CC2)n2ccccc12. The average Bonchev–Trinajstić information content (AvgIpc) is 3.00. The summed E-state index contributed by atoms with van der Waals surface area (Å²) in [6.45, 7) is 2.17. The van der Waals surface area contributed by atoms with E-state index < -0.39 is 0 Å². The molecule has 3 rings (SSSR count). The number of aryl methyl sites for hydroxylation is 1. The van der Waals surface area contributed by atoms with Crippen molar-refractivity contribution in [3.05, 3.63) is 35.9 Å². The standard InChI is InChI=1S/C12H14N2/c1-2-10-11-5-3-4-8-14(11)12(13-10)9-6-7-9/h3-5,8-9H,2,6-7H2,1H3. The molecule has 0 bridgehead atoms. The van der Waals surface area contributed by atoms with E-state index in [0.717, 1.165) is 12.3 Å². The molecular formula is C12H14N2. The molecule has 0 atom stereocenters. The van der Waals surface area contributed by atoms with Gasteiger partial charge in [0.1, 0.15) is 5.82 Å². The van der Waals surface area contributed by atoms with Crippen LogP contribution < -0.4 is 0 Å². The summed E-state index contributed by atoms with van der Waals surface area (Å²) < 4.78 is 2.26. The number of hydrogen-bond acceptors (Lipinski definition) is 1. The zero-order valence-corrected chi connectivity index (χ0v) is 8.40. The van der Waals surface area contributed by atoms with Gasteiger partial charge in [0.05, 0.1) is 11.2 Å². The molecule has 2 aromatic heterocycles. The molecule has 2 aromatic rings. The summed E-state index contributed by atoms with van der Waals surface area (Å²) in [4.78, 5) is 4.73. The summed E-state index contributed by atoms with van der Waals surface area (Å²) in [5, 5.41) is 0. The minimum absolute atomic E-state index is 0.727. The highest BCUT2D eigenvalue weighted by atomic mass is 15.0. The smallest absolute Gasteiger partial charge is 0.116 e. The fourth-order valence-corrected chi connectivity index (χ4v) is 2.02. The molecule has 0 radical (unpaired) electrons. The van der Waals surface area contributed by atoms with Gasteiger partial charge in [-0.3, -0.25) is 0 Å². The van der Waals surface area contributed by atoms with E-state index >= 15 is 0 Å². The van der Waals surface area contributed by atoms with Crippen molar-refractivity contribution in [1.29, 1.82) is 0 Å². The van der Waals surface area contributed by atoms with E-state index in [2.05, 4.69) is 35.7 Å². The Morgan fingerprint density at radius 1 is 1.43 bits per heavy atom. The Morgan fingerprint density at radius 3 is 3.00 bits per heavy atom. The minimum atomic E-state index is 0.727. The van der Waals surface area contributed by atoms with Gasteiger partial charge in [-0.1, -0.05) is 13.0 Å². The number of fused-ring (bicyclic) bond motifs is 1. The quantitative estimate of drug-likeness (QED) is 0.705. The van der Waals surface area contributed by atoms with Gasteiger partial charge in [0, 0.05) is 12.1 Å². The van der Waals surface area contributed by atoms with E-state index in [1.807, 2.05) is 0 Å². The normalized spacial score (nSPS) is 16.4. The lowest BCUT2D eigenvalue weighted by Crippen LogP contribution is -1.90. The first-order chi connectivity index (χ1) is 6.90. The summed E-state index contributed by atoms with van der Waals surface area (Å²) in [5.74, 6) is 2.00. The Balaban J connectivity index is 2.28. The van der Waals surface area contributed by atoms with Crippen molar-refractivity contribution in [3.8, 4) is 0 Å². The van der Waals surface area contributed by atoms with Gasteiger partial charge in [0.2, 0.25) is 0 Å². The molecule has 1 fully saturated rings. The predicted molar refractivity (Wildman–Crippen MR) is 56.5 cm³/mol. The Bertz CT molecular complexity index is 466. The second-order valence-corrected chi connectivity index (χ2v) is 4.00. The number of aromatic nitrogens is 2. The van der Waals surface area contributed by atoms with Crippen molar-refractivity contribution >= 4 is 5.52 Å². The Morgan fingerprint density at radius 2 is 2.29 bits per heavy atom. The largest absolute Gasteiger partial charge is 0.303 e. The van der Waals surface area contributed by atoms with Gasteiger partial charge in [0.25, 0.3) is 0 Å². The van der Waals surface area contributed by atoms with Crippen molar-refractivity contribution in [2.45, 2.75) is 32.1 Å². The van der Waals surface area contributed by atoms with Crippen LogP contribution in [0.15, 0.2) is 24.4 Å². The average molecular weight is 186 g/mol. The number of hydrogen-bond donors (Lipinski definition) is 0. The molecule has 0 spiro atoms. The number of imidazole rings is 1. The Kier molecular flexibility index (Phi) is 1.63. The molecule has 2 heteroatoms. The first-order valence-corrected chi connectivity index (χ1v) is 5.36. The molecule has 0 aromatic carbocycles. The predicted octanol–water partition coefficient (Wildman–Crippen LogP) is 2.77. The fraction of sp³-hybridized carbons (Fsp3) is 0.417. The number of nitrogens with zero attached hydrogens (tertiary/aromatic N) is 2. The minimum Gasteiger partial charge on any atom is -0.303 e. The molecule has 1 saturated carbocycles. The molecular weight excluding hydrogens is 172 g/mol. The van der Waals surface area contributed by atoms with Crippen LogP contribution in [0.5, 0.6) is 0 Å². The summed E-state index contributed by atoms with van der Waals surface area (Å²) >= 11 is 0. The third kappa shape index (κ3) is 1.07. The first-order valence-electron chi connectivity index (χ1n) is 5.36. The number of rotatable bonds is 2. The summed E-state index contributed by atoms with van der Waals surface area (Å²) in [6.07, 6.45) is 5.80. The van der Waals surface area contributed by atoms with Crippen LogP contribution in [-0.4, -0.2) is 9.38 Å². The summed E-state index contributed by atoms with van der Waals surface area (Å²) in [6, 6.07) is 6.34. The maximum atomic E-state index is 4.73. The monoisotopic (exact) mass is 186 g/mol. The molecule has 0 saturated heterocycles. The molecule has 14 heavy (non-hydrogen) atoms. The van der Waals surface area contributed by atoms with Gasteiger partial charge in [-0.2, -0.15) is 0 Å². The third-order valence-corrected chi connectivity index (χ3v) is 2.93. The van der Waals surface area contributed by atoms with Gasteiger partial charge >= 0.3 is 0 Å². The Hall–Kier alpha value is -1.31. The summed E-state index contributed by atoms with van der Waals surface area (Å²) in [7, 11) is 0. The molecule has 2 heterocycles. The maximum absolute atomic E-state index is 4.73. The van der Waals surface area contributed by atoms with E-state index in [-0.39, 0.29) is 0 Å². The summed E-state index contributed by atoms with van der Waals surface area (Å²) in [5.41, 5.74) is 2.53. The van der Waals surface area contributed by atoms with Gasteiger partial charge in [-0.05, 0) is 31.4 Å². The molecule has 0 aliphatic heterocycles.